The summed E-state index contributed by atoms with van der Waals surface area (Å²) in [6.07, 6.45) is -0.665. The third kappa shape index (κ3) is 3.48. The Hall–Kier alpha value is -2.18. The van der Waals surface area contributed by atoms with Crippen molar-refractivity contribution in [3.05, 3.63) is 35.9 Å². The number of aliphatic hydroxyl groups is 1. The predicted molar refractivity (Wildman–Crippen MR) is 79.9 cm³/mol. The van der Waals surface area contributed by atoms with E-state index in [4.69, 9.17) is 4.74 Å². The monoisotopic (exact) mass is 290 g/mol. The lowest BCUT2D eigenvalue weighted by Crippen LogP contribution is -2.32. The first-order valence-electron chi connectivity index (χ1n) is 6.54. The molecule has 1 aromatic heterocycles. The molecule has 0 amide bonds. The molecule has 1 unspecified atom stereocenters. The summed E-state index contributed by atoms with van der Waals surface area (Å²) < 4.78 is 4.88. The van der Waals surface area contributed by atoms with Gasteiger partial charge in [0, 0.05) is 26.1 Å². The predicted octanol–water partition coefficient (Wildman–Crippen LogP) is 1.38. The number of pyridine rings is 1. The number of para-hydroxylation sites is 1. The number of fused-ring (bicyclic) bond motifs is 1. The molecule has 0 radical (unpaired) electrons. The number of hydrogen-bond acceptors (Lipinski definition) is 5. The summed E-state index contributed by atoms with van der Waals surface area (Å²) in [4.78, 5) is 17.6. The van der Waals surface area contributed by atoms with Gasteiger partial charge in [0.2, 0.25) is 0 Å². The van der Waals surface area contributed by atoms with Gasteiger partial charge in [-0.05, 0) is 12.1 Å². The number of ether oxygens (including phenoxy) is 1. The lowest BCUT2D eigenvalue weighted by Gasteiger charge is -2.22. The Kier molecular flexibility index (Phi) is 4.72. The van der Waals surface area contributed by atoms with Crippen molar-refractivity contribution in [2.24, 2.45) is 0 Å². The van der Waals surface area contributed by atoms with Gasteiger partial charge in [0.1, 0.15) is 5.82 Å². The molecule has 0 saturated heterocycles. The van der Waals surface area contributed by atoms with Crippen molar-refractivity contribution in [2.45, 2.75) is 6.10 Å². The molecule has 0 aliphatic rings. The molecule has 6 heteroatoms. The maximum Gasteiger partial charge on any atom is 0.336 e. The lowest BCUT2D eigenvalue weighted by molar-refractivity contribution is 0.0694. The average Bonchev–Trinajstić information content (AvgIpc) is 2.46. The molecule has 1 atom stereocenters. The Morgan fingerprint density at radius 3 is 2.81 bits per heavy atom. The number of aromatic nitrogens is 1. The molecule has 0 spiro atoms. The summed E-state index contributed by atoms with van der Waals surface area (Å²) in [6.45, 7) is 0.516. The van der Waals surface area contributed by atoms with Gasteiger partial charge in [0.05, 0.1) is 23.8 Å². The van der Waals surface area contributed by atoms with Crippen molar-refractivity contribution in [2.75, 3.05) is 32.2 Å². The number of benzene rings is 1. The van der Waals surface area contributed by atoms with E-state index in [2.05, 4.69) is 4.98 Å². The van der Waals surface area contributed by atoms with Gasteiger partial charge in [-0.3, -0.25) is 0 Å². The number of carboxylic acids is 1. The summed E-state index contributed by atoms with van der Waals surface area (Å²) >= 11 is 0. The molecule has 2 N–H and O–H groups in total. The Labute approximate surface area is 122 Å². The zero-order valence-corrected chi connectivity index (χ0v) is 12.0. The molecule has 0 aliphatic carbocycles. The highest BCUT2D eigenvalue weighted by Crippen LogP contribution is 2.22. The van der Waals surface area contributed by atoms with Crippen LogP contribution in [0, 0.1) is 0 Å². The van der Waals surface area contributed by atoms with E-state index in [-0.39, 0.29) is 12.2 Å². The highest BCUT2D eigenvalue weighted by atomic mass is 16.5. The van der Waals surface area contributed by atoms with E-state index in [1.165, 1.54) is 13.2 Å². The Balaban J connectivity index is 2.38. The van der Waals surface area contributed by atoms with Crippen molar-refractivity contribution in [1.29, 1.82) is 0 Å². The van der Waals surface area contributed by atoms with E-state index in [1.54, 1.807) is 30.1 Å². The van der Waals surface area contributed by atoms with Crippen LogP contribution in [0.2, 0.25) is 0 Å². The van der Waals surface area contributed by atoms with Gasteiger partial charge in [-0.15, -0.1) is 0 Å². The fourth-order valence-electron chi connectivity index (χ4n) is 2.19. The number of nitrogens with zero attached hydrogens (tertiary/aromatic N) is 2. The second-order valence-electron chi connectivity index (χ2n) is 4.84. The fraction of sp³-hybridized carbons (Fsp3) is 0.333. The molecule has 0 fully saturated rings. The average molecular weight is 290 g/mol. The minimum atomic E-state index is -0.999. The number of carbonyl (C=O) groups is 1. The Morgan fingerprint density at radius 1 is 1.43 bits per heavy atom. The quantitative estimate of drug-likeness (QED) is 0.836. The highest BCUT2D eigenvalue weighted by Gasteiger charge is 2.15. The second kappa shape index (κ2) is 6.51. The Morgan fingerprint density at radius 2 is 2.14 bits per heavy atom. The molecule has 112 valence electrons. The summed E-state index contributed by atoms with van der Waals surface area (Å²) in [6, 6.07) is 8.61. The normalized spacial score (nSPS) is 12.3. The van der Waals surface area contributed by atoms with Crippen LogP contribution in [0.15, 0.2) is 30.3 Å². The standard InChI is InChI=1S/C15H18N2O4/c1-17(8-10(18)9-21-2)14-7-12(15(19)20)11-5-3-4-6-13(11)16-14/h3-7,10,18H,8-9H2,1-2H3,(H,19,20). The van der Waals surface area contributed by atoms with Gasteiger partial charge in [-0.1, -0.05) is 18.2 Å². The number of carboxylic acid groups (broad SMARTS) is 1. The van der Waals surface area contributed by atoms with Crippen LogP contribution in [0.5, 0.6) is 0 Å². The summed E-state index contributed by atoms with van der Waals surface area (Å²) in [5.74, 6) is -0.498. The van der Waals surface area contributed by atoms with Crippen LogP contribution in [0.25, 0.3) is 10.9 Å². The van der Waals surface area contributed by atoms with Crippen LogP contribution in [-0.4, -0.2) is 54.6 Å². The van der Waals surface area contributed by atoms with Crippen molar-refractivity contribution < 1.29 is 19.7 Å². The molecule has 0 bridgehead atoms. The topological polar surface area (TPSA) is 82.9 Å². The Bertz CT molecular complexity index is 645. The summed E-state index contributed by atoms with van der Waals surface area (Å²) in [5, 5.41) is 19.7. The number of methoxy groups -OCH3 is 1. The number of hydrogen-bond donors (Lipinski definition) is 2. The van der Waals surface area contributed by atoms with E-state index in [9.17, 15) is 15.0 Å². The second-order valence-corrected chi connectivity index (χ2v) is 4.84. The van der Waals surface area contributed by atoms with E-state index in [0.717, 1.165) is 0 Å². The van der Waals surface area contributed by atoms with Gasteiger partial charge >= 0.3 is 5.97 Å². The van der Waals surface area contributed by atoms with Gasteiger partial charge in [0.15, 0.2) is 0 Å². The fourth-order valence-corrected chi connectivity index (χ4v) is 2.19. The van der Waals surface area contributed by atoms with E-state index in [1.807, 2.05) is 6.07 Å². The number of rotatable bonds is 6. The zero-order valence-electron chi connectivity index (χ0n) is 12.0. The van der Waals surface area contributed by atoms with Gasteiger partial charge < -0.3 is 19.8 Å². The van der Waals surface area contributed by atoms with E-state index >= 15 is 0 Å². The maximum atomic E-state index is 11.4. The van der Waals surface area contributed by atoms with Gasteiger partial charge in [-0.25, -0.2) is 9.78 Å². The van der Waals surface area contributed by atoms with Gasteiger partial charge in [-0.2, -0.15) is 0 Å². The molecule has 1 aromatic carbocycles. The molecule has 21 heavy (non-hydrogen) atoms. The van der Waals surface area contributed by atoms with Crippen molar-refractivity contribution >= 4 is 22.7 Å². The number of anilines is 1. The highest BCUT2D eigenvalue weighted by molar-refractivity contribution is 6.03. The smallest absolute Gasteiger partial charge is 0.336 e. The SMILES string of the molecule is COCC(O)CN(C)c1cc(C(=O)O)c2ccccc2n1. The van der Waals surface area contributed by atoms with Gasteiger partial charge in [0.25, 0.3) is 0 Å². The number of likely N-dealkylation sites (N-methyl/N-ethyl adjacent to an activating group) is 1. The zero-order chi connectivity index (χ0) is 15.4. The van der Waals surface area contributed by atoms with Crippen LogP contribution < -0.4 is 4.90 Å². The first-order valence-corrected chi connectivity index (χ1v) is 6.54. The molecular weight excluding hydrogens is 272 g/mol. The third-order valence-corrected chi connectivity index (χ3v) is 3.17. The summed E-state index contributed by atoms with van der Waals surface area (Å²) in [7, 11) is 3.27. The minimum absolute atomic E-state index is 0.198. The van der Waals surface area contributed by atoms with Crippen LogP contribution in [0.1, 0.15) is 10.4 Å². The van der Waals surface area contributed by atoms with Crippen molar-refractivity contribution in [1.82, 2.24) is 4.98 Å². The van der Waals surface area contributed by atoms with Crippen LogP contribution >= 0.6 is 0 Å². The van der Waals surface area contributed by atoms with Crippen LogP contribution in [-0.2, 0) is 4.74 Å². The summed E-state index contributed by atoms with van der Waals surface area (Å²) in [5.41, 5.74) is 0.809. The lowest BCUT2D eigenvalue weighted by atomic mass is 10.1. The molecule has 0 aliphatic heterocycles. The molecule has 0 saturated carbocycles. The molecule has 6 nitrogen and oxygen atoms in total. The molecule has 2 rings (SSSR count). The molecule has 1 heterocycles. The largest absolute Gasteiger partial charge is 0.478 e. The first-order chi connectivity index (χ1) is 10.0. The first kappa shape index (κ1) is 15.2. The van der Waals surface area contributed by atoms with Crippen molar-refractivity contribution in [3.8, 4) is 0 Å². The van der Waals surface area contributed by atoms with E-state index in [0.29, 0.717) is 23.3 Å². The van der Waals surface area contributed by atoms with E-state index < -0.39 is 12.1 Å². The maximum absolute atomic E-state index is 11.4. The number of aromatic carboxylic acids is 1. The molecule has 2 aromatic rings. The molecular formula is C15H18N2O4. The number of aliphatic hydroxyl groups excluding tert-OH is 1. The van der Waals surface area contributed by atoms with Crippen molar-refractivity contribution in [3.63, 3.8) is 0 Å². The van der Waals surface area contributed by atoms with Crippen LogP contribution in [0.4, 0.5) is 5.82 Å². The third-order valence-electron chi connectivity index (χ3n) is 3.17. The van der Waals surface area contributed by atoms with Crippen LogP contribution in [0.3, 0.4) is 0 Å². The minimum Gasteiger partial charge on any atom is -0.478 e.